The Morgan fingerprint density at radius 3 is 2.52 bits per heavy atom. The van der Waals surface area contributed by atoms with Gasteiger partial charge in [-0.3, -0.25) is 9.89 Å². The summed E-state index contributed by atoms with van der Waals surface area (Å²) in [5, 5.41) is 6.74. The maximum atomic E-state index is 13.0. The number of carbonyl (C=O) groups is 1. The monoisotopic (exact) mass is 405 g/mol. The lowest BCUT2D eigenvalue weighted by Gasteiger charge is -2.17. The number of alkyl halides is 2. The van der Waals surface area contributed by atoms with E-state index in [1.54, 1.807) is 31.3 Å². The van der Waals surface area contributed by atoms with Crippen molar-refractivity contribution in [3.8, 4) is 22.8 Å². The highest BCUT2D eigenvalue weighted by Gasteiger charge is 2.17. The van der Waals surface area contributed by atoms with Crippen molar-refractivity contribution in [1.82, 2.24) is 15.1 Å². The molecule has 1 aromatic heterocycles. The van der Waals surface area contributed by atoms with E-state index in [-0.39, 0.29) is 35.5 Å². The van der Waals surface area contributed by atoms with Crippen molar-refractivity contribution in [1.29, 1.82) is 0 Å². The lowest BCUT2D eigenvalue weighted by molar-refractivity contribution is -0.0512. The summed E-state index contributed by atoms with van der Waals surface area (Å²) in [6.07, 6.45) is 0. The van der Waals surface area contributed by atoms with Gasteiger partial charge in [-0.05, 0) is 48.0 Å². The Morgan fingerprint density at radius 2 is 1.86 bits per heavy atom. The van der Waals surface area contributed by atoms with Crippen molar-refractivity contribution in [2.24, 2.45) is 0 Å². The van der Waals surface area contributed by atoms with Crippen molar-refractivity contribution in [2.45, 2.75) is 13.2 Å². The molecule has 0 aliphatic rings. The lowest BCUT2D eigenvalue weighted by atomic mass is 10.1. The topological polar surface area (TPSA) is 67.5 Å². The van der Waals surface area contributed by atoms with Crippen molar-refractivity contribution in [3.05, 3.63) is 65.6 Å². The van der Waals surface area contributed by atoms with Gasteiger partial charge in [0.1, 0.15) is 11.5 Å². The molecule has 0 aliphatic heterocycles. The Balaban J connectivity index is 1.73. The zero-order valence-corrected chi connectivity index (χ0v) is 15.7. The molecule has 1 N–H and O–H groups in total. The van der Waals surface area contributed by atoms with Crippen molar-refractivity contribution < 1.29 is 27.4 Å². The summed E-state index contributed by atoms with van der Waals surface area (Å²) in [5.74, 6) is -0.658. The Morgan fingerprint density at radius 1 is 1.14 bits per heavy atom. The van der Waals surface area contributed by atoms with Crippen LogP contribution in [0.2, 0.25) is 0 Å². The number of H-pyrrole nitrogens is 1. The molecule has 0 bridgehead atoms. The van der Waals surface area contributed by atoms with Crippen LogP contribution in [-0.2, 0) is 6.54 Å². The minimum absolute atomic E-state index is 0.110. The first kappa shape index (κ1) is 20.2. The fraction of sp³-hybridized carbons (Fsp3) is 0.200. The van der Waals surface area contributed by atoms with Crippen LogP contribution in [0.3, 0.4) is 0 Å². The molecule has 0 saturated carbocycles. The number of amides is 1. The SMILES string of the molecule is COc1ccc(CN(C)C(=O)c2cc(-c3ccc(F)cc3)n[nH]2)cc1OC(F)F. The van der Waals surface area contributed by atoms with E-state index < -0.39 is 6.61 Å². The summed E-state index contributed by atoms with van der Waals surface area (Å²) in [6.45, 7) is -2.85. The molecule has 0 atom stereocenters. The average molecular weight is 405 g/mol. The number of halogens is 3. The Hall–Kier alpha value is -3.49. The molecule has 29 heavy (non-hydrogen) atoms. The number of nitrogens with one attached hydrogen (secondary N) is 1. The predicted octanol–water partition coefficient (Wildman–Crippen LogP) is 4.10. The van der Waals surface area contributed by atoms with E-state index in [9.17, 15) is 18.0 Å². The van der Waals surface area contributed by atoms with Gasteiger partial charge >= 0.3 is 6.61 Å². The van der Waals surface area contributed by atoms with Crippen LogP contribution in [0.4, 0.5) is 13.2 Å². The zero-order chi connectivity index (χ0) is 21.0. The van der Waals surface area contributed by atoms with Gasteiger partial charge in [-0.1, -0.05) is 6.07 Å². The number of nitrogens with zero attached hydrogens (tertiary/aromatic N) is 2. The van der Waals surface area contributed by atoms with Crippen LogP contribution in [-0.4, -0.2) is 41.8 Å². The molecular formula is C20H18F3N3O3. The highest BCUT2D eigenvalue weighted by molar-refractivity contribution is 5.93. The zero-order valence-electron chi connectivity index (χ0n) is 15.7. The van der Waals surface area contributed by atoms with Crippen molar-refractivity contribution >= 4 is 5.91 Å². The maximum absolute atomic E-state index is 13.0. The second-order valence-corrected chi connectivity index (χ2v) is 6.20. The Kier molecular flexibility index (Phi) is 6.06. The third-order valence-electron chi connectivity index (χ3n) is 4.16. The molecule has 2 aromatic carbocycles. The normalized spacial score (nSPS) is 10.8. The second-order valence-electron chi connectivity index (χ2n) is 6.20. The number of aromatic nitrogens is 2. The number of ether oxygens (including phenoxy) is 2. The average Bonchev–Trinajstić information content (AvgIpc) is 3.18. The first-order valence-electron chi connectivity index (χ1n) is 8.56. The Labute approximate surface area is 164 Å². The number of hydrogen-bond donors (Lipinski definition) is 1. The summed E-state index contributed by atoms with van der Waals surface area (Å²) in [5.41, 5.74) is 1.98. The van der Waals surface area contributed by atoms with Gasteiger partial charge in [-0.2, -0.15) is 13.9 Å². The lowest BCUT2D eigenvalue weighted by Crippen LogP contribution is -2.26. The molecule has 1 amide bonds. The molecule has 9 heteroatoms. The maximum Gasteiger partial charge on any atom is 0.387 e. The van der Waals surface area contributed by atoms with E-state index in [0.29, 0.717) is 16.8 Å². The molecule has 0 aliphatic carbocycles. The Bertz CT molecular complexity index is 990. The van der Waals surface area contributed by atoms with E-state index in [1.807, 2.05) is 0 Å². The van der Waals surface area contributed by atoms with Crippen LogP contribution < -0.4 is 9.47 Å². The minimum atomic E-state index is -2.99. The molecule has 0 spiro atoms. The van der Waals surface area contributed by atoms with Gasteiger partial charge in [0.25, 0.3) is 5.91 Å². The van der Waals surface area contributed by atoms with Gasteiger partial charge in [-0.25, -0.2) is 4.39 Å². The molecular weight excluding hydrogens is 387 g/mol. The van der Waals surface area contributed by atoms with Crippen molar-refractivity contribution in [2.75, 3.05) is 14.2 Å². The third-order valence-corrected chi connectivity index (χ3v) is 4.16. The largest absolute Gasteiger partial charge is 0.493 e. The number of carbonyl (C=O) groups excluding carboxylic acids is 1. The van der Waals surface area contributed by atoms with Crippen LogP contribution in [0, 0.1) is 5.82 Å². The molecule has 1 heterocycles. The molecule has 0 unspecified atom stereocenters. The fourth-order valence-corrected chi connectivity index (χ4v) is 2.76. The smallest absolute Gasteiger partial charge is 0.387 e. The minimum Gasteiger partial charge on any atom is -0.493 e. The summed E-state index contributed by atoms with van der Waals surface area (Å²) in [4.78, 5) is 14.1. The second kappa shape index (κ2) is 8.68. The third kappa shape index (κ3) is 4.87. The molecule has 0 fully saturated rings. The van der Waals surface area contributed by atoms with Gasteiger partial charge in [0.2, 0.25) is 0 Å². The summed E-state index contributed by atoms with van der Waals surface area (Å²) < 4.78 is 47.6. The molecule has 0 saturated heterocycles. The summed E-state index contributed by atoms with van der Waals surface area (Å²) in [7, 11) is 2.92. The van der Waals surface area contributed by atoms with Gasteiger partial charge in [-0.15, -0.1) is 0 Å². The van der Waals surface area contributed by atoms with E-state index in [0.717, 1.165) is 0 Å². The van der Waals surface area contributed by atoms with Crippen LogP contribution >= 0.6 is 0 Å². The molecule has 152 valence electrons. The first-order valence-corrected chi connectivity index (χ1v) is 8.56. The van der Waals surface area contributed by atoms with Gasteiger partial charge in [0.15, 0.2) is 11.5 Å². The standard InChI is InChI=1S/C20H18F3N3O3/c1-26(11-12-3-8-17(28-2)18(9-12)29-20(22)23)19(27)16-10-15(24-25-16)13-4-6-14(21)7-5-13/h3-10,20H,11H2,1-2H3,(H,24,25). The van der Waals surface area contributed by atoms with E-state index >= 15 is 0 Å². The molecule has 6 nitrogen and oxygen atoms in total. The van der Waals surface area contributed by atoms with E-state index in [1.165, 1.54) is 36.3 Å². The van der Waals surface area contributed by atoms with Crippen LogP contribution in [0.15, 0.2) is 48.5 Å². The summed E-state index contributed by atoms with van der Waals surface area (Å²) >= 11 is 0. The highest BCUT2D eigenvalue weighted by atomic mass is 19.3. The van der Waals surface area contributed by atoms with Crippen LogP contribution in [0.5, 0.6) is 11.5 Å². The summed E-state index contributed by atoms with van der Waals surface area (Å²) in [6, 6.07) is 11.8. The number of rotatable bonds is 7. The quantitative estimate of drug-likeness (QED) is 0.643. The molecule has 3 rings (SSSR count). The molecule has 3 aromatic rings. The molecule has 0 radical (unpaired) electrons. The van der Waals surface area contributed by atoms with Gasteiger partial charge in [0.05, 0.1) is 12.8 Å². The first-order chi connectivity index (χ1) is 13.9. The number of hydrogen-bond acceptors (Lipinski definition) is 4. The van der Waals surface area contributed by atoms with Crippen molar-refractivity contribution in [3.63, 3.8) is 0 Å². The number of methoxy groups -OCH3 is 1. The predicted molar refractivity (Wildman–Crippen MR) is 99.4 cm³/mol. The van der Waals surface area contributed by atoms with E-state index in [4.69, 9.17) is 4.74 Å². The number of benzene rings is 2. The fourth-order valence-electron chi connectivity index (χ4n) is 2.76. The van der Waals surface area contributed by atoms with Gasteiger partial charge in [0, 0.05) is 19.2 Å². The van der Waals surface area contributed by atoms with Crippen LogP contribution in [0.25, 0.3) is 11.3 Å². The highest BCUT2D eigenvalue weighted by Crippen LogP contribution is 2.30. The van der Waals surface area contributed by atoms with E-state index in [2.05, 4.69) is 14.9 Å². The van der Waals surface area contributed by atoms with Crippen LogP contribution in [0.1, 0.15) is 16.1 Å². The van der Waals surface area contributed by atoms with Gasteiger partial charge < -0.3 is 14.4 Å². The number of aromatic amines is 1.